The van der Waals surface area contributed by atoms with E-state index in [0.717, 1.165) is 5.56 Å². The molecule has 0 saturated carbocycles. The molecule has 0 atom stereocenters. The molecule has 7 nitrogen and oxygen atoms in total. The Hall–Kier alpha value is -3.42. The van der Waals surface area contributed by atoms with Gasteiger partial charge in [-0.1, -0.05) is 24.3 Å². The van der Waals surface area contributed by atoms with Crippen LogP contribution in [0.5, 0.6) is 0 Å². The molecule has 0 aliphatic rings. The molecule has 0 saturated heterocycles. The van der Waals surface area contributed by atoms with Crippen molar-refractivity contribution in [1.29, 1.82) is 0 Å². The molecule has 0 aliphatic carbocycles. The number of halogens is 1. The van der Waals surface area contributed by atoms with Crippen molar-refractivity contribution in [2.24, 2.45) is 0 Å². The molecule has 0 aromatic heterocycles. The Morgan fingerprint density at radius 1 is 0.962 bits per heavy atom. The molecule has 26 heavy (non-hydrogen) atoms. The van der Waals surface area contributed by atoms with Gasteiger partial charge in [-0.15, -0.1) is 0 Å². The molecule has 0 spiro atoms. The second-order valence-electron chi connectivity index (χ2n) is 5.34. The average molecular weight is 358 g/mol. The largest absolute Gasteiger partial charge is 0.355 e. The first-order valence-corrected chi connectivity index (χ1v) is 7.86. The standard InChI is InChI=1S/C18H19FN4O3/c1-20-17(25)14-4-2-3-5-15(14)23-16(24)11-22-18(26)21-10-12-6-8-13(19)9-7-12/h2-9H,10-11H2,1H3,(H,20,25)(H,23,24)(H2,21,22,26). The van der Waals surface area contributed by atoms with Crippen molar-refractivity contribution in [2.45, 2.75) is 6.54 Å². The number of urea groups is 1. The van der Waals surface area contributed by atoms with E-state index in [1.807, 2.05) is 0 Å². The second kappa shape index (κ2) is 9.16. The van der Waals surface area contributed by atoms with E-state index in [1.54, 1.807) is 36.4 Å². The van der Waals surface area contributed by atoms with Crippen LogP contribution in [0.25, 0.3) is 0 Å². The van der Waals surface area contributed by atoms with Gasteiger partial charge in [-0.05, 0) is 29.8 Å². The highest BCUT2D eigenvalue weighted by Gasteiger charge is 2.12. The minimum absolute atomic E-state index is 0.202. The Kier molecular flexibility index (Phi) is 6.67. The van der Waals surface area contributed by atoms with Crippen molar-refractivity contribution in [3.63, 3.8) is 0 Å². The summed E-state index contributed by atoms with van der Waals surface area (Å²) in [4.78, 5) is 35.4. The lowest BCUT2D eigenvalue weighted by molar-refractivity contribution is -0.115. The number of amides is 4. The summed E-state index contributed by atoms with van der Waals surface area (Å²) in [5.41, 5.74) is 1.40. The molecule has 0 bridgehead atoms. The van der Waals surface area contributed by atoms with Crippen LogP contribution in [0.4, 0.5) is 14.9 Å². The van der Waals surface area contributed by atoms with Gasteiger partial charge in [0.2, 0.25) is 5.91 Å². The fourth-order valence-electron chi connectivity index (χ4n) is 2.13. The molecule has 0 heterocycles. The van der Waals surface area contributed by atoms with Gasteiger partial charge in [0.25, 0.3) is 5.91 Å². The fourth-order valence-corrected chi connectivity index (χ4v) is 2.13. The van der Waals surface area contributed by atoms with Crippen LogP contribution in [0.15, 0.2) is 48.5 Å². The van der Waals surface area contributed by atoms with Crippen LogP contribution in [-0.2, 0) is 11.3 Å². The Labute approximate surface area is 150 Å². The van der Waals surface area contributed by atoms with Gasteiger partial charge in [0, 0.05) is 13.6 Å². The van der Waals surface area contributed by atoms with Gasteiger partial charge in [0.15, 0.2) is 0 Å². The zero-order valence-corrected chi connectivity index (χ0v) is 14.1. The quantitative estimate of drug-likeness (QED) is 0.631. The number of anilines is 1. The maximum atomic E-state index is 12.8. The number of carbonyl (C=O) groups is 3. The number of hydrogen-bond donors (Lipinski definition) is 4. The van der Waals surface area contributed by atoms with Crippen LogP contribution in [0.2, 0.25) is 0 Å². The number of hydrogen-bond acceptors (Lipinski definition) is 3. The normalized spacial score (nSPS) is 9.92. The highest BCUT2D eigenvalue weighted by molar-refractivity contribution is 6.04. The number of carbonyl (C=O) groups excluding carboxylic acids is 3. The third-order valence-electron chi connectivity index (χ3n) is 3.45. The Balaban J connectivity index is 1.80. The first-order chi connectivity index (χ1) is 12.5. The van der Waals surface area contributed by atoms with E-state index in [9.17, 15) is 18.8 Å². The molecular weight excluding hydrogens is 339 g/mol. The average Bonchev–Trinajstić information content (AvgIpc) is 2.65. The van der Waals surface area contributed by atoms with Crippen LogP contribution in [-0.4, -0.2) is 31.4 Å². The van der Waals surface area contributed by atoms with Crippen LogP contribution in [0.3, 0.4) is 0 Å². The zero-order chi connectivity index (χ0) is 18.9. The van der Waals surface area contributed by atoms with Crippen molar-refractivity contribution in [2.75, 3.05) is 18.9 Å². The van der Waals surface area contributed by atoms with Gasteiger partial charge >= 0.3 is 6.03 Å². The third kappa shape index (κ3) is 5.59. The van der Waals surface area contributed by atoms with E-state index in [1.165, 1.54) is 19.2 Å². The number of benzene rings is 2. The Morgan fingerprint density at radius 3 is 2.35 bits per heavy atom. The Morgan fingerprint density at radius 2 is 1.65 bits per heavy atom. The maximum Gasteiger partial charge on any atom is 0.315 e. The second-order valence-corrected chi connectivity index (χ2v) is 5.34. The summed E-state index contributed by atoms with van der Waals surface area (Å²) in [5, 5.41) is 10.0. The monoisotopic (exact) mass is 358 g/mol. The summed E-state index contributed by atoms with van der Waals surface area (Å²) in [6.45, 7) is -0.0649. The number of para-hydroxylation sites is 1. The van der Waals surface area contributed by atoms with E-state index in [2.05, 4.69) is 21.3 Å². The maximum absolute atomic E-state index is 12.8. The van der Waals surface area contributed by atoms with Crippen LogP contribution >= 0.6 is 0 Å². The molecular formula is C18H19FN4O3. The molecule has 8 heteroatoms. The van der Waals surface area contributed by atoms with Gasteiger partial charge in [0.05, 0.1) is 17.8 Å². The molecule has 2 rings (SSSR count). The van der Waals surface area contributed by atoms with Crippen LogP contribution in [0.1, 0.15) is 15.9 Å². The van der Waals surface area contributed by atoms with Crippen molar-refractivity contribution >= 4 is 23.5 Å². The summed E-state index contributed by atoms with van der Waals surface area (Å²) < 4.78 is 12.8. The first-order valence-electron chi connectivity index (χ1n) is 7.86. The van der Waals surface area contributed by atoms with Crippen molar-refractivity contribution < 1.29 is 18.8 Å². The highest BCUT2D eigenvalue weighted by atomic mass is 19.1. The predicted molar refractivity (Wildman–Crippen MR) is 95.1 cm³/mol. The molecule has 4 N–H and O–H groups in total. The minimum atomic E-state index is -0.538. The molecule has 0 unspecified atom stereocenters. The lowest BCUT2D eigenvalue weighted by Crippen LogP contribution is -2.39. The number of nitrogens with one attached hydrogen (secondary N) is 4. The zero-order valence-electron chi connectivity index (χ0n) is 14.1. The minimum Gasteiger partial charge on any atom is -0.355 e. The van der Waals surface area contributed by atoms with Gasteiger partial charge in [0.1, 0.15) is 5.82 Å². The molecule has 2 aromatic carbocycles. The third-order valence-corrected chi connectivity index (χ3v) is 3.45. The number of rotatable bonds is 6. The SMILES string of the molecule is CNC(=O)c1ccccc1NC(=O)CNC(=O)NCc1ccc(F)cc1. The predicted octanol–water partition coefficient (Wildman–Crippen LogP) is 1.62. The van der Waals surface area contributed by atoms with Crippen molar-refractivity contribution in [1.82, 2.24) is 16.0 Å². The summed E-state index contributed by atoms with van der Waals surface area (Å²) in [6.07, 6.45) is 0. The van der Waals surface area contributed by atoms with Crippen molar-refractivity contribution in [3.05, 3.63) is 65.5 Å². The summed E-state index contributed by atoms with van der Waals surface area (Å²) >= 11 is 0. The molecule has 136 valence electrons. The fraction of sp³-hybridized carbons (Fsp3) is 0.167. The molecule has 0 aliphatic heterocycles. The molecule has 0 fully saturated rings. The van der Waals surface area contributed by atoms with Crippen LogP contribution in [0, 0.1) is 5.82 Å². The summed E-state index contributed by atoms with van der Waals surface area (Å²) in [5.74, 6) is -1.16. The van der Waals surface area contributed by atoms with E-state index < -0.39 is 11.9 Å². The topological polar surface area (TPSA) is 99.3 Å². The molecule has 4 amide bonds. The van der Waals surface area contributed by atoms with E-state index in [0.29, 0.717) is 11.3 Å². The smallest absolute Gasteiger partial charge is 0.315 e. The van der Waals surface area contributed by atoms with E-state index in [-0.39, 0.29) is 24.8 Å². The van der Waals surface area contributed by atoms with Crippen LogP contribution < -0.4 is 21.3 Å². The Bertz CT molecular complexity index is 793. The summed E-state index contributed by atoms with van der Waals surface area (Å²) in [6, 6.07) is 11.7. The lowest BCUT2D eigenvalue weighted by atomic mass is 10.1. The first kappa shape index (κ1) is 18.9. The summed E-state index contributed by atoms with van der Waals surface area (Å²) in [7, 11) is 1.49. The molecule has 0 radical (unpaired) electrons. The lowest BCUT2D eigenvalue weighted by Gasteiger charge is -2.11. The van der Waals surface area contributed by atoms with E-state index in [4.69, 9.17) is 0 Å². The van der Waals surface area contributed by atoms with Gasteiger partial charge in [-0.2, -0.15) is 0 Å². The van der Waals surface area contributed by atoms with Gasteiger partial charge in [-0.25, -0.2) is 9.18 Å². The molecule has 2 aromatic rings. The van der Waals surface area contributed by atoms with Crippen molar-refractivity contribution in [3.8, 4) is 0 Å². The van der Waals surface area contributed by atoms with Gasteiger partial charge in [-0.3, -0.25) is 9.59 Å². The van der Waals surface area contributed by atoms with E-state index >= 15 is 0 Å². The van der Waals surface area contributed by atoms with Gasteiger partial charge < -0.3 is 21.3 Å². The highest BCUT2D eigenvalue weighted by Crippen LogP contribution is 2.14.